The lowest BCUT2D eigenvalue weighted by Crippen LogP contribution is -2.30. The highest BCUT2D eigenvalue weighted by atomic mass is 32.2. The molecule has 0 fully saturated rings. The summed E-state index contributed by atoms with van der Waals surface area (Å²) >= 11 is 0. The molecule has 5 nitrogen and oxygen atoms in total. The van der Waals surface area contributed by atoms with E-state index in [-0.39, 0.29) is 10.9 Å². The summed E-state index contributed by atoms with van der Waals surface area (Å²) in [4.78, 5) is 4.79. The second-order valence-corrected chi connectivity index (χ2v) is 9.61. The van der Waals surface area contributed by atoms with E-state index >= 15 is 0 Å². The van der Waals surface area contributed by atoms with E-state index in [1.54, 1.807) is 24.3 Å². The second-order valence-electron chi connectivity index (χ2n) is 7.93. The number of benzene rings is 3. The van der Waals surface area contributed by atoms with Crippen molar-refractivity contribution in [2.45, 2.75) is 30.8 Å². The molecule has 1 heterocycles. The van der Waals surface area contributed by atoms with Crippen LogP contribution in [0.1, 0.15) is 36.6 Å². The summed E-state index contributed by atoms with van der Waals surface area (Å²) in [5, 5.41) is 0. The minimum Gasteiger partial charge on any atom is -0.475 e. The van der Waals surface area contributed by atoms with E-state index in [1.807, 2.05) is 60.7 Å². The van der Waals surface area contributed by atoms with Gasteiger partial charge < -0.3 is 4.74 Å². The number of ether oxygens (including phenoxy) is 1. The Morgan fingerprint density at radius 3 is 1.97 bits per heavy atom. The SMILES string of the molecule is CC(C)[C@H]1COC(c2ccccc2S(=O)(=O)NC(c2ccccc2)c2ccccc2)=N1. The van der Waals surface area contributed by atoms with E-state index < -0.39 is 16.1 Å². The quantitative estimate of drug-likeness (QED) is 0.593. The van der Waals surface area contributed by atoms with Crippen molar-refractivity contribution >= 4 is 15.9 Å². The molecule has 1 aliphatic rings. The van der Waals surface area contributed by atoms with Crippen molar-refractivity contribution in [3.63, 3.8) is 0 Å². The molecular weight excluding hydrogens is 408 g/mol. The number of rotatable bonds is 7. The Labute approximate surface area is 183 Å². The molecule has 4 rings (SSSR count). The van der Waals surface area contributed by atoms with Crippen LogP contribution in [0.2, 0.25) is 0 Å². The zero-order chi connectivity index (χ0) is 21.8. The summed E-state index contributed by atoms with van der Waals surface area (Å²) < 4.78 is 35.8. The molecule has 0 amide bonds. The fraction of sp³-hybridized carbons (Fsp3) is 0.240. The average Bonchev–Trinajstić information content (AvgIpc) is 3.29. The van der Waals surface area contributed by atoms with E-state index in [2.05, 4.69) is 23.6 Å². The molecule has 0 spiro atoms. The fourth-order valence-corrected chi connectivity index (χ4v) is 5.01. The van der Waals surface area contributed by atoms with Gasteiger partial charge in [-0.25, -0.2) is 13.4 Å². The number of hydrogen-bond donors (Lipinski definition) is 1. The van der Waals surface area contributed by atoms with Gasteiger partial charge in [0.05, 0.1) is 22.5 Å². The van der Waals surface area contributed by atoms with Gasteiger partial charge in [0.2, 0.25) is 15.9 Å². The fourth-order valence-electron chi connectivity index (χ4n) is 3.59. The third-order valence-electron chi connectivity index (χ3n) is 5.39. The lowest BCUT2D eigenvalue weighted by molar-refractivity contribution is 0.291. The van der Waals surface area contributed by atoms with Gasteiger partial charge in [0.1, 0.15) is 6.61 Å². The van der Waals surface area contributed by atoms with E-state index in [1.165, 1.54) is 0 Å². The van der Waals surface area contributed by atoms with E-state index in [0.29, 0.717) is 24.0 Å². The molecule has 3 aromatic rings. The highest BCUT2D eigenvalue weighted by Crippen LogP contribution is 2.27. The molecule has 1 N–H and O–H groups in total. The Kier molecular flexibility index (Phi) is 6.20. The summed E-state index contributed by atoms with van der Waals surface area (Å²) in [6, 6.07) is 25.5. The maximum absolute atomic E-state index is 13.6. The van der Waals surface area contributed by atoms with Gasteiger partial charge >= 0.3 is 0 Å². The van der Waals surface area contributed by atoms with Crippen molar-refractivity contribution in [3.8, 4) is 0 Å². The van der Waals surface area contributed by atoms with Gasteiger partial charge in [-0.3, -0.25) is 0 Å². The third-order valence-corrected chi connectivity index (χ3v) is 6.87. The molecule has 1 aliphatic heterocycles. The highest BCUT2D eigenvalue weighted by molar-refractivity contribution is 7.89. The van der Waals surface area contributed by atoms with E-state index in [0.717, 1.165) is 11.1 Å². The number of nitrogens with one attached hydrogen (secondary N) is 1. The van der Waals surface area contributed by atoms with Gasteiger partial charge in [-0.05, 0) is 29.2 Å². The molecule has 0 saturated heterocycles. The van der Waals surface area contributed by atoms with Gasteiger partial charge in [0, 0.05) is 0 Å². The molecule has 6 heteroatoms. The summed E-state index contributed by atoms with van der Waals surface area (Å²) in [6.07, 6.45) is 0. The van der Waals surface area contributed by atoms with Crippen LogP contribution in [-0.2, 0) is 14.8 Å². The molecule has 1 atom stereocenters. The van der Waals surface area contributed by atoms with Crippen molar-refractivity contribution in [1.82, 2.24) is 4.72 Å². The van der Waals surface area contributed by atoms with Gasteiger partial charge in [-0.15, -0.1) is 0 Å². The lowest BCUT2D eigenvalue weighted by Gasteiger charge is -2.21. The first-order valence-corrected chi connectivity index (χ1v) is 11.9. The first-order valence-electron chi connectivity index (χ1n) is 10.4. The van der Waals surface area contributed by atoms with Crippen LogP contribution >= 0.6 is 0 Å². The summed E-state index contributed by atoms with van der Waals surface area (Å²) in [5.41, 5.74) is 2.21. The lowest BCUT2D eigenvalue weighted by atomic mass is 10.00. The Bertz CT molecular complexity index is 1120. The molecule has 0 bridgehead atoms. The van der Waals surface area contributed by atoms with Crippen LogP contribution in [-0.4, -0.2) is 27.0 Å². The van der Waals surface area contributed by atoms with E-state index in [9.17, 15) is 8.42 Å². The average molecular weight is 435 g/mol. The predicted molar refractivity (Wildman–Crippen MR) is 123 cm³/mol. The smallest absolute Gasteiger partial charge is 0.242 e. The summed E-state index contributed by atoms with van der Waals surface area (Å²) in [7, 11) is -3.87. The van der Waals surface area contributed by atoms with Crippen molar-refractivity contribution in [2.24, 2.45) is 10.9 Å². The Hall–Kier alpha value is -2.96. The first kappa shape index (κ1) is 21.3. The van der Waals surface area contributed by atoms with Crippen LogP contribution in [0.5, 0.6) is 0 Å². The molecule has 31 heavy (non-hydrogen) atoms. The number of aliphatic imine (C=N–C) groups is 1. The minimum absolute atomic E-state index is 0.0279. The van der Waals surface area contributed by atoms with Crippen molar-refractivity contribution in [3.05, 3.63) is 102 Å². The second kappa shape index (κ2) is 9.04. The molecule has 0 aromatic heterocycles. The maximum atomic E-state index is 13.6. The monoisotopic (exact) mass is 434 g/mol. The molecular formula is C25H26N2O3S. The molecule has 0 aliphatic carbocycles. The standard InChI is InChI=1S/C25H26N2O3S/c1-18(2)22-17-30-25(26-22)21-15-9-10-16-23(21)31(28,29)27-24(19-11-5-3-6-12-19)20-13-7-4-8-14-20/h3-16,18,22,24,27H,17H2,1-2H3/t22-/m1/s1. The Morgan fingerprint density at radius 1 is 0.871 bits per heavy atom. The minimum atomic E-state index is -3.87. The zero-order valence-corrected chi connectivity index (χ0v) is 18.4. The van der Waals surface area contributed by atoms with Crippen LogP contribution in [0.25, 0.3) is 0 Å². The normalized spacial score (nSPS) is 16.4. The van der Waals surface area contributed by atoms with E-state index in [4.69, 9.17) is 4.74 Å². The first-order chi connectivity index (χ1) is 15.0. The topological polar surface area (TPSA) is 67.8 Å². The molecule has 0 radical (unpaired) electrons. The third kappa shape index (κ3) is 4.70. The molecule has 0 unspecified atom stereocenters. The van der Waals surface area contributed by atoms with Gasteiger partial charge in [0.25, 0.3) is 0 Å². The molecule has 160 valence electrons. The van der Waals surface area contributed by atoms with Gasteiger partial charge in [-0.1, -0.05) is 86.6 Å². The van der Waals surface area contributed by atoms with Gasteiger partial charge in [-0.2, -0.15) is 4.72 Å². The molecule has 3 aromatic carbocycles. The highest BCUT2D eigenvalue weighted by Gasteiger charge is 2.30. The maximum Gasteiger partial charge on any atom is 0.242 e. The number of nitrogens with zero attached hydrogens (tertiary/aromatic N) is 1. The van der Waals surface area contributed by atoms with Gasteiger partial charge in [0.15, 0.2) is 0 Å². The zero-order valence-electron chi connectivity index (χ0n) is 17.6. The van der Waals surface area contributed by atoms with Crippen LogP contribution in [0.4, 0.5) is 0 Å². The molecule has 0 saturated carbocycles. The van der Waals surface area contributed by atoms with Crippen molar-refractivity contribution in [1.29, 1.82) is 0 Å². The van der Waals surface area contributed by atoms with Crippen LogP contribution in [0.3, 0.4) is 0 Å². The van der Waals surface area contributed by atoms with Crippen molar-refractivity contribution < 1.29 is 13.2 Å². The summed E-state index contributed by atoms with van der Waals surface area (Å²) in [5.74, 6) is 0.704. The van der Waals surface area contributed by atoms with Crippen LogP contribution in [0, 0.1) is 5.92 Å². The van der Waals surface area contributed by atoms with Crippen LogP contribution in [0.15, 0.2) is 94.8 Å². The summed E-state index contributed by atoms with van der Waals surface area (Å²) in [6.45, 7) is 4.62. The predicted octanol–water partition coefficient (Wildman–Crippen LogP) is 4.56. The Balaban J connectivity index is 1.73. The largest absolute Gasteiger partial charge is 0.475 e. The Morgan fingerprint density at radius 2 is 1.42 bits per heavy atom. The van der Waals surface area contributed by atoms with Crippen molar-refractivity contribution in [2.75, 3.05) is 6.61 Å². The number of sulfonamides is 1. The van der Waals surface area contributed by atoms with Crippen LogP contribution < -0.4 is 4.72 Å². The number of hydrogen-bond acceptors (Lipinski definition) is 4.